The molecule has 0 aromatic rings. The SMILES string of the molecule is CC/C=C\C/C=C\C/C=C\C/C=C\C/C=C\C/C=C\C/C=C\CCCCCCCCCCCCCC(=O)OCC(COC(=O)CC/C=C\C/C=C\C/C=C\C/C=C\CC)OC(=O)CCCCCCC/C=C\CCCCCCCCC. The predicted octanol–water partition coefficient (Wildman–Crippen LogP) is 22.7. The molecule has 0 amide bonds. The van der Waals surface area contributed by atoms with Crippen LogP contribution in [0.4, 0.5) is 0 Å². The van der Waals surface area contributed by atoms with Crippen molar-refractivity contribution >= 4 is 17.9 Å². The van der Waals surface area contributed by atoms with Gasteiger partial charge in [-0.25, -0.2) is 0 Å². The average Bonchev–Trinajstić information content (AvgIpc) is 3.46. The summed E-state index contributed by atoms with van der Waals surface area (Å²) < 4.78 is 16.8. The molecular weight excluding hydrogens is 985 g/mol. The van der Waals surface area contributed by atoms with Crippen LogP contribution in [0.5, 0.6) is 0 Å². The van der Waals surface area contributed by atoms with E-state index < -0.39 is 6.10 Å². The maximum absolute atomic E-state index is 12.9. The second-order valence-electron chi connectivity index (χ2n) is 21.3. The predicted molar refractivity (Wildman–Crippen MR) is 348 cm³/mol. The summed E-state index contributed by atoms with van der Waals surface area (Å²) in [6.45, 7) is 6.34. The Balaban J connectivity index is 4.29. The summed E-state index contributed by atoms with van der Waals surface area (Å²) in [5.74, 6) is -1.00. The molecule has 1 atom stereocenters. The fourth-order valence-electron chi connectivity index (χ4n) is 8.73. The lowest BCUT2D eigenvalue weighted by molar-refractivity contribution is -0.166. The van der Waals surface area contributed by atoms with Gasteiger partial charge in [0.05, 0.1) is 0 Å². The molecule has 0 saturated heterocycles. The number of hydrogen-bond donors (Lipinski definition) is 0. The molecule has 1 unspecified atom stereocenters. The molecule has 0 radical (unpaired) electrons. The molecule has 6 heteroatoms. The van der Waals surface area contributed by atoms with Crippen LogP contribution in [-0.4, -0.2) is 37.2 Å². The molecule has 0 aliphatic heterocycles. The quantitative estimate of drug-likeness (QED) is 0.0261. The Morgan fingerprint density at radius 1 is 0.263 bits per heavy atom. The molecule has 0 aromatic carbocycles. The van der Waals surface area contributed by atoms with Crippen molar-refractivity contribution in [1.29, 1.82) is 0 Å². The van der Waals surface area contributed by atoms with E-state index in [1.165, 1.54) is 116 Å². The van der Waals surface area contributed by atoms with Gasteiger partial charge in [0.1, 0.15) is 13.2 Å². The first-order valence-corrected chi connectivity index (χ1v) is 32.8. The Kier molecular flexibility index (Phi) is 62.9. The first-order valence-electron chi connectivity index (χ1n) is 32.8. The molecule has 0 N–H and O–H groups in total. The maximum atomic E-state index is 12.9. The molecule has 0 rings (SSSR count). The molecule has 6 nitrogen and oxygen atoms in total. The molecule has 0 aromatic heterocycles. The summed E-state index contributed by atoms with van der Waals surface area (Å²) in [6.07, 6.45) is 95.9. The van der Waals surface area contributed by atoms with Crippen LogP contribution in [0.2, 0.25) is 0 Å². The number of ether oxygens (including phenoxy) is 3. The van der Waals surface area contributed by atoms with Gasteiger partial charge in [0.15, 0.2) is 6.10 Å². The first kappa shape index (κ1) is 75.3. The molecule has 0 heterocycles. The van der Waals surface area contributed by atoms with Gasteiger partial charge in [0.2, 0.25) is 0 Å². The van der Waals surface area contributed by atoms with Gasteiger partial charge in [-0.15, -0.1) is 0 Å². The van der Waals surface area contributed by atoms with E-state index in [1.807, 2.05) is 6.08 Å². The van der Waals surface area contributed by atoms with Crippen LogP contribution in [0, 0.1) is 0 Å². The number of unbranched alkanes of at least 4 members (excludes halogenated alkanes) is 23. The van der Waals surface area contributed by atoms with Crippen molar-refractivity contribution in [2.45, 2.75) is 290 Å². The Bertz CT molecular complexity index is 1750. The Morgan fingerprint density at radius 3 is 0.850 bits per heavy atom. The smallest absolute Gasteiger partial charge is 0.306 e. The molecule has 0 bridgehead atoms. The number of esters is 3. The Morgan fingerprint density at radius 2 is 0.512 bits per heavy atom. The Hall–Kier alpha value is -4.71. The van der Waals surface area contributed by atoms with E-state index in [2.05, 4.69) is 161 Å². The second-order valence-corrected chi connectivity index (χ2v) is 21.3. The zero-order valence-electron chi connectivity index (χ0n) is 51.8. The maximum Gasteiger partial charge on any atom is 0.306 e. The summed E-state index contributed by atoms with van der Waals surface area (Å²) >= 11 is 0. The van der Waals surface area contributed by atoms with Crippen LogP contribution >= 0.6 is 0 Å². The lowest BCUT2D eigenvalue weighted by atomic mass is 10.0. The molecule has 452 valence electrons. The van der Waals surface area contributed by atoms with Crippen LogP contribution in [0.25, 0.3) is 0 Å². The van der Waals surface area contributed by atoms with Crippen molar-refractivity contribution in [2.75, 3.05) is 13.2 Å². The van der Waals surface area contributed by atoms with Crippen LogP contribution in [-0.2, 0) is 28.6 Å². The van der Waals surface area contributed by atoms with E-state index in [1.54, 1.807) is 0 Å². The van der Waals surface area contributed by atoms with Crippen molar-refractivity contribution in [2.24, 2.45) is 0 Å². The van der Waals surface area contributed by atoms with Crippen molar-refractivity contribution in [3.63, 3.8) is 0 Å². The van der Waals surface area contributed by atoms with Gasteiger partial charge in [-0.1, -0.05) is 282 Å². The first-order chi connectivity index (χ1) is 39.5. The zero-order chi connectivity index (χ0) is 57.8. The van der Waals surface area contributed by atoms with Gasteiger partial charge in [-0.05, 0) is 128 Å². The topological polar surface area (TPSA) is 78.9 Å². The van der Waals surface area contributed by atoms with E-state index in [4.69, 9.17) is 14.2 Å². The number of carbonyl (C=O) groups is 3. The summed E-state index contributed by atoms with van der Waals surface area (Å²) in [5, 5.41) is 0. The largest absolute Gasteiger partial charge is 0.462 e. The van der Waals surface area contributed by atoms with Crippen LogP contribution in [0.3, 0.4) is 0 Å². The monoisotopic (exact) mass is 1100 g/mol. The van der Waals surface area contributed by atoms with E-state index in [0.29, 0.717) is 19.3 Å². The molecule has 0 aliphatic rings. The van der Waals surface area contributed by atoms with Crippen LogP contribution in [0.15, 0.2) is 146 Å². The average molecular weight is 1110 g/mol. The van der Waals surface area contributed by atoms with Crippen molar-refractivity contribution in [1.82, 2.24) is 0 Å². The lowest BCUT2D eigenvalue weighted by Gasteiger charge is -2.18. The summed E-state index contributed by atoms with van der Waals surface area (Å²) in [6, 6.07) is 0. The fourth-order valence-corrected chi connectivity index (χ4v) is 8.73. The van der Waals surface area contributed by atoms with Gasteiger partial charge in [0.25, 0.3) is 0 Å². The van der Waals surface area contributed by atoms with Gasteiger partial charge in [-0.2, -0.15) is 0 Å². The zero-order valence-corrected chi connectivity index (χ0v) is 51.8. The number of allylic oxidation sites excluding steroid dienone is 24. The van der Waals surface area contributed by atoms with Gasteiger partial charge in [0, 0.05) is 19.3 Å². The highest BCUT2D eigenvalue weighted by molar-refractivity contribution is 5.71. The number of carbonyl (C=O) groups excluding carboxylic acids is 3. The fraction of sp³-hybridized carbons (Fsp3) is 0.635. The normalized spacial score (nSPS) is 13.1. The molecule has 0 saturated carbocycles. The minimum absolute atomic E-state index is 0.108. The Labute approximate surface area is 493 Å². The lowest BCUT2D eigenvalue weighted by Crippen LogP contribution is -2.30. The van der Waals surface area contributed by atoms with Crippen molar-refractivity contribution in [3.05, 3.63) is 146 Å². The van der Waals surface area contributed by atoms with Gasteiger partial charge >= 0.3 is 17.9 Å². The third kappa shape index (κ3) is 64.1. The highest BCUT2D eigenvalue weighted by atomic mass is 16.6. The number of rotatable bonds is 58. The summed E-state index contributed by atoms with van der Waals surface area (Å²) in [4.78, 5) is 38.2. The minimum atomic E-state index is -0.818. The molecule has 80 heavy (non-hydrogen) atoms. The van der Waals surface area contributed by atoms with E-state index in [-0.39, 0.29) is 37.5 Å². The van der Waals surface area contributed by atoms with Crippen molar-refractivity contribution in [3.8, 4) is 0 Å². The van der Waals surface area contributed by atoms with Crippen LogP contribution in [0.1, 0.15) is 284 Å². The highest BCUT2D eigenvalue weighted by Gasteiger charge is 2.19. The van der Waals surface area contributed by atoms with Gasteiger partial charge in [-0.3, -0.25) is 14.4 Å². The van der Waals surface area contributed by atoms with E-state index >= 15 is 0 Å². The summed E-state index contributed by atoms with van der Waals surface area (Å²) in [7, 11) is 0. The molecule has 0 aliphatic carbocycles. The summed E-state index contributed by atoms with van der Waals surface area (Å²) in [5.41, 5.74) is 0. The van der Waals surface area contributed by atoms with Crippen molar-refractivity contribution < 1.29 is 28.6 Å². The molecule has 0 fully saturated rings. The highest BCUT2D eigenvalue weighted by Crippen LogP contribution is 2.15. The second kappa shape index (κ2) is 66.8. The van der Waals surface area contributed by atoms with Gasteiger partial charge < -0.3 is 14.2 Å². The standard InChI is InChI=1S/C74H120O6/c1-4-7-10-13-16-19-22-25-27-29-30-31-32-33-34-35-36-37-38-39-40-41-42-43-44-45-47-49-52-55-58-61-64-67-73(76)79-70-71(69-78-72(75)66-63-60-57-54-51-48-24-21-18-15-12-9-6-3)80-74(77)68-65-62-59-56-53-50-46-28-26-23-20-17-14-11-8-5-2/h7,9-10,12,16,18-19,21,25,27-28,30-31,33-34,36-37,39-40,46,48,51,57,60,71H,4-6,8,11,13-15,17,20,22-24,26,29,32,35,38,41-45,47,49-50,52-56,58-59,61-70H2,1-3H3/b10-7-,12-9-,19-16-,21-18-,27-25-,31-30-,34-33-,37-36-,40-39-,46-28-,51-48-,60-57-. The van der Waals surface area contributed by atoms with E-state index in [0.717, 1.165) is 122 Å². The molecule has 0 spiro atoms. The molecular formula is C74H120O6. The van der Waals surface area contributed by atoms with Crippen LogP contribution < -0.4 is 0 Å². The van der Waals surface area contributed by atoms with E-state index in [9.17, 15) is 14.4 Å². The third-order valence-electron chi connectivity index (χ3n) is 13.6. The minimum Gasteiger partial charge on any atom is -0.462 e. The number of hydrogen-bond acceptors (Lipinski definition) is 6. The third-order valence-corrected chi connectivity index (χ3v) is 13.6.